The highest BCUT2D eigenvalue weighted by atomic mass is 79.9. The Morgan fingerprint density at radius 3 is 2.38 bits per heavy atom. The maximum absolute atomic E-state index is 12.4. The lowest BCUT2D eigenvalue weighted by molar-refractivity contribution is -0.129. The maximum Gasteiger partial charge on any atom is 0.243 e. The number of nitrogens with two attached hydrogens (primary N) is 1. The van der Waals surface area contributed by atoms with Crippen LogP contribution >= 0.6 is 15.9 Å². The number of halogens is 1. The summed E-state index contributed by atoms with van der Waals surface area (Å²) in [5, 5.41) is 5.57. The quantitative estimate of drug-likeness (QED) is 0.734. The predicted molar refractivity (Wildman–Crippen MR) is 97.3 cm³/mol. The van der Waals surface area contributed by atoms with E-state index in [-0.39, 0.29) is 30.3 Å². The van der Waals surface area contributed by atoms with Gasteiger partial charge in [-0.05, 0) is 61.8 Å². The molecule has 2 fully saturated rings. The zero-order chi connectivity index (χ0) is 17.1. The normalized spacial score (nSPS) is 28.9. The Bertz CT molecular complexity index is 591. The van der Waals surface area contributed by atoms with Crippen molar-refractivity contribution in [2.45, 2.75) is 38.1 Å². The molecule has 2 bridgehead atoms. The molecule has 0 aliphatic heterocycles. The highest BCUT2D eigenvalue weighted by molar-refractivity contribution is 9.10. The molecule has 2 amide bonds. The van der Waals surface area contributed by atoms with Crippen LogP contribution in [0.5, 0.6) is 0 Å². The van der Waals surface area contributed by atoms with E-state index in [1.54, 1.807) is 0 Å². The van der Waals surface area contributed by atoms with Gasteiger partial charge >= 0.3 is 0 Å². The average Bonchev–Trinajstić information content (AvgIpc) is 2.54. The standard InChI is InChI=1S/C18H24BrN3O2/c19-14-4-6-15(7-5-14)22-16(23)10-21-18(24)13-8-11-2-1-3-12(9-13)17(11)20/h4-7,11-13,17H,1-3,8-10,20H2,(H,21,24)(H,22,23). The number of carbonyl (C=O) groups is 2. The second kappa shape index (κ2) is 7.66. The number of hydrogen-bond donors (Lipinski definition) is 3. The van der Waals surface area contributed by atoms with Gasteiger partial charge in [-0.15, -0.1) is 0 Å². The van der Waals surface area contributed by atoms with Gasteiger partial charge in [-0.2, -0.15) is 0 Å². The van der Waals surface area contributed by atoms with Crippen molar-refractivity contribution in [3.05, 3.63) is 28.7 Å². The summed E-state index contributed by atoms with van der Waals surface area (Å²) in [5.41, 5.74) is 6.98. The minimum absolute atomic E-state index is 0.000538. The Hall–Kier alpha value is -1.40. The molecule has 6 heteroatoms. The van der Waals surface area contributed by atoms with Gasteiger partial charge in [0, 0.05) is 22.1 Å². The third-order valence-corrected chi connectivity index (χ3v) is 5.86. The predicted octanol–water partition coefficient (Wildman–Crippen LogP) is 2.66. The number of benzene rings is 1. The second-order valence-corrected chi connectivity index (χ2v) is 7.89. The third-order valence-electron chi connectivity index (χ3n) is 5.33. The molecule has 2 unspecified atom stereocenters. The first-order valence-corrected chi connectivity index (χ1v) is 9.41. The fraction of sp³-hybridized carbons (Fsp3) is 0.556. The Balaban J connectivity index is 1.47. The Kier molecular flexibility index (Phi) is 5.56. The minimum Gasteiger partial charge on any atom is -0.347 e. The SMILES string of the molecule is NC1C2CCCC1CC(C(=O)NCC(=O)Nc1ccc(Br)cc1)C2. The van der Waals surface area contributed by atoms with E-state index in [1.807, 2.05) is 24.3 Å². The van der Waals surface area contributed by atoms with Crippen LogP contribution in [0.1, 0.15) is 32.1 Å². The molecule has 2 aliphatic rings. The molecule has 0 radical (unpaired) electrons. The van der Waals surface area contributed by atoms with Gasteiger partial charge in [-0.3, -0.25) is 9.59 Å². The van der Waals surface area contributed by atoms with Crippen molar-refractivity contribution in [3.63, 3.8) is 0 Å². The van der Waals surface area contributed by atoms with Crippen LogP contribution in [0.4, 0.5) is 5.69 Å². The van der Waals surface area contributed by atoms with E-state index in [0.717, 1.165) is 35.8 Å². The van der Waals surface area contributed by atoms with Crippen molar-refractivity contribution in [2.75, 3.05) is 11.9 Å². The van der Waals surface area contributed by atoms with Crippen molar-refractivity contribution >= 4 is 33.4 Å². The number of amides is 2. The highest BCUT2D eigenvalue weighted by Gasteiger charge is 2.40. The summed E-state index contributed by atoms with van der Waals surface area (Å²) >= 11 is 3.35. The van der Waals surface area contributed by atoms with Crippen LogP contribution in [0.25, 0.3) is 0 Å². The molecule has 3 rings (SSSR count). The fourth-order valence-corrected chi connectivity index (χ4v) is 4.32. The number of fused-ring (bicyclic) bond motifs is 2. The zero-order valence-corrected chi connectivity index (χ0v) is 15.2. The fourth-order valence-electron chi connectivity index (χ4n) is 4.05. The number of anilines is 1. The largest absolute Gasteiger partial charge is 0.347 e. The van der Waals surface area contributed by atoms with Gasteiger partial charge in [0.1, 0.15) is 0 Å². The molecule has 24 heavy (non-hydrogen) atoms. The van der Waals surface area contributed by atoms with E-state index < -0.39 is 0 Å². The molecule has 0 saturated heterocycles. The van der Waals surface area contributed by atoms with Crippen molar-refractivity contribution in [3.8, 4) is 0 Å². The molecule has 0 aromatic heterocycles. The molecule has 0 spiro atoms. The van der Waals surface area contributed by atoms with Gasteiger partial charge in [0.25, 0.3) is 0 Å². The Morgan fingerprint density at radius 2 is 1.75 bits per heavy atom. The third kappa shape index (κ3) is 4.16. The van der Waals surface area contributed by atoms with Crippen molar-refractivity contribution in [2.24, 2.45) is 23.5 Å². The number of carbonyl (C=O) groups excluding carboxylic acids is 2. The summed E-state index contributed by atoms with van der Waals surface area (Å²) in [6.07, 6.45) is 5.21. The highest BCUT2D eigenvalue weighted by Crippen LogP contribution is 2.41. The van der Waals surface area contributed by atoms with Gasteiger partial charge in [0.05, 0.1) is 6.54 Å². The van der Waals surface area contributed by atoms with E-state index in [2.05, 4.69) is 26.6 Å². The second-order valence-electron chi connectivity index (χ2n) is 6.97. The smallest absolute Gasteiger partial charge is 0.243 e. The number of hydrogen-bond acceptors (Lipinski definition) is 3. The van der Waals surface area contributed by atoms with E-state index in [0.29, 0.717) is 11.8 Å². The minimum atomic E-state index is -0.210. The topological polar surface area (TPSA) is 84.2 Å². The lowest BCUT2D eigenvalue weighted by Gasteiger charge is -2.43. The van der Waals surface area contributed by atoms with Gasteiger partial charge in [-0.1, -0.05) is 22.4 Å². The number of rotatable bonds is 4. The molecule has 1 aromatic carbocycles. The lowest BCUT2D eigenvalue weighted by Crippen LogP contribution is -2.49. The monoisotopic (exact) mass is 393 g/mol. The van der Waals surface area contributed by atoms with Gasteiger partial charge in [0.2, 0.25) is 11.8 Å². The van der Waals surface area contributed by atoms with E-state index in [1.165, 1.54) is 6.42 Å². The van der Waals surface area contributed by atoms with Crippen molar-refractivity contribution in [1.82, 2.24) is 5.32 Å². The summed E-state index contributed by atoms with van der Waals surface area (Å²) in [6, 6.07) is 7.60. The first-order chi connectivity index (χ1) is 11.5. The number of nitrogens with one attached hydrogen (secondary N) is 2. The summed E-state index contributed by atoms with van der Waals surface area (Å²) in [5.74, 6) is 0.707. The van der Waals surface area contributed by atoms with Crippen molar-refractivity contribution < 1.29 is 9.59 Å². The summed E-state index contributed by atoms with van der Waals surface area (Å²) in [6.45, 7) is 0.00673. The molecule has 130 valence electrons. The summed E-state index contributed by atoms with van der Waals surface area (Å²) < 4.78 is 0.954. The first-order valence-electron chi connectivity index (χ1n) is 8.61. The van der Waals surface area contributed by atoms with Crippen LogP contribution in [-0.2, 0) is 9.59 Å². The zero-order valence-electron chi connectivity index (χ0n) is 13.6. The van der Waals surface area contributed by atoms with E-state index >= 15 is 0 Å². The lowest BCUT2D eigenvalue weighted by atomic mass is 9.65. The Labute approximate surface area is 150 Å². The molecular weight excluding hydrogens is 370 g/mol. The van der Waals surface area contributed by atoms with E-state index in [9.17, 15) is 9.59 Å². The molecule has 2 saturated carbocycles. The van der Waals surface area contributed by atoms with Crippen LogP contribution in [0.15, 0.2) is 28.7 Å². The summed E-state index contributed by atoms with van der Waals surface area (Å²) in [4.78, 5) is 24.4. The molecule has 0 heterocycles. The van der Waals surface area contributed by atoms with Gasteiger partial charge in [0.15, 0.2) is 0 Å². The molecular formula is C18H24BrN3O2. The molecule has 5 nitrogen and oxygen atoms in total. The molecule has 4 N–H and O–H groups in total. The molecule has 2 aliphatic carbocycles. The summed E-state index contributed by atoms with van der Waals surface area (Å²) in [7, 11) is 0. The first kappa shape index (κ1) is 17.4. The van der Waals surface area contributed by atoms with Crippen LogP contribution in [0.3, 0.4) is 0 Å². The van der Waals surface area contributed by atoms with Gasteiger partial charge in [-0.25, -0.2) is 0 Å². The average molecular weight is 394 g/mol. The van der Waals surface area contributed by atoms with Crippen LogP contribution < -0.4 is 16.4 Å². The van der Waals surface area contributed by atoms with Crippen LogP contribution in [0.2, 0.25) is 0 Å². The Morgan fingerprint density at radius 1 is 1.12 bits per heavy atom. The van der Waals surface area contributed by atoms with Crippen molar-refractivity contribution in [1.29, 1.82) is 0 Å². The van der Waals surface area contributed by atoms with Crippen LogP contribution in [0, 0.1) is 17.8 Å². The maximum atomic E-state index is 12.4. The molecule has 2 atom stereocenters. The molecule has 1 aromatic rings. The van der Waals surface area contributed by atoms with Gasteiger partial charge < -0.3 is 16.4 Å². The van der Waals surface area contributed by atoms with Crippen LogP contribution in [-0.4, -0.2) is 24.4 Å². The van der Waals surface area contributed by atoms with E-state index in [4.69, 9.17) is 5.73 Å².